The molecule has 5 nitrogen and oxygen atoms in total. The van der Waals surface area contributed by atoms with Gasteiger partial charge in [-0.2, -0.15) is 0 Å². The Kier molecular flexibility index (Phi) is 10.8. The summed E-state index contributed by atoms with van der Waals surface area (Å²) in [5, 5.41) is 4.32. The van der Waals surface area contributed by atoms with Crippen molar-refractivity contribution in [3.63, 3.8) is 0 Å². The summed E-state index contributed by atoms with van der Waals surface area (Å²) >= 11 is 6.02. The van der Waals surface area contributed by atoms with Gasteiger partial charge in [-0.1, -0.05) is 49.7 Å². The molecule has 1 aliphatic heterocycles. The van der Waals surface area contributed by atoms with Crippen molar-refractivity contribution in [3.05, 3.63) is 58.3 Å². The highest BCUT2D eigenvalue weighted by Crippen LogP contribution is 2.29. The van der Waals surface area contributed by atoms with Crippen LogP contribution in [-0.2, 0) is 9.53 Å². The van der Waals surface area contributed by atoms with E-state index in [1.54, 1.807) is 0 Å². The van der Waals surface area contributed by atoms with Gasteiger partial charge in [-0.25, -0.2) is 0 Å². The van der Waals surface area contributed by atoms with Crippen molar-refractivity contribution in [2.45, 2.75) is 64.8 Å². The second kappa shape index (κ2) is 13.0. The summed E-state index contributed by atoms with van der Waals surface area (Å²) in [7, 11) is 0. The minimum atomic E-state index is -0.143. The predicted octanol–water partition coefficient (Wildman–Crippen LogP) is 4.87. The summed E-state index contributed by atoms with van der Waals surface area (Å²) in [5.41, 5.74) is 2.59. The third-order valence-electron chi connectivity index (χ3n) is 6.37. The van der Waals surface area contributed by atoms with Crippen LogP contribution in [0.15, 0.2) is 47.7 Å². The summed E-state index contributed by atoms with van der Waals surface area (Å²) in [5.74, 6) is 2.11. The lowest BCUT2D eigenvalue weighted by Gasteiger charge is -2.35. The zero-order chi connectivity index (χ0) is 22.2. The molecule has 0 bridgehead atoms. The molecule has 1 heterocycles. The average molecular weight is 463 g/mol. The van der Waals surface area contributed by atoms with Crippen LogP contribution in [0.3, 0.4) is 0 Å². The van der Waals surface area contributed by atoms with Gasteiger partial charge in [0, 0.05) is 31.1 Å². The van der Waals surface area contributed by atoms with E-state index in [0.717, 1.165) is 62.5 Å². The molecular weight excluding hydrogens is 424 g/mol. The first-order chi connectivity index (χ1) is 15.0. The number of amides is 1. The van der Waals surface area contributed by atoms with E-state index < -0.39 is 0 Å². The highest BCUT2D eigenvalue weighted by Gasteiger charge is 2.30. The number of rotatable bonds is 9. The van der Waals surface area contributed by atoms with Gasteiger partial charge < -0.3 is 20.4 Å². The first kappa shape index (κ1) is 26.4. The SMILES string of the molecule is CCOC1=C(CCN[C@@H](C(=O)N2CCC(c3ccc(Cl)cc3)CC2)C(C)C)C=CCC1.O. The molecule has 3 N–H and O–H groups in total. The number of nitrogens with zero attached hydrogens (tertiary/aromatic N) is 1. The summed E-state index contributed by atoms with van der Waals surface area (Å²) < 4.78 is 5.81. The first-order valence-electron chi connectivity index (χ1n) is 11.8. The van der Waals surface area contributed by atoms with E-state index in [0.29, 0.717) is 12.5 Å². The highest BCUT2D eigenvalue weighted by molar-refractivity contribution is 6.30. The first-order valence-corrected chi connectivity index (χ1v) is 12.2. The maximum atomic E-state index is 13.3. The third kappa shape index (κ3) is 7.09. The Morgan fingerprint density at radius 2 is 1.91 bits per heavy atom. The van der Waals surface area contributed by atoms with Crippen molar-refractivity contribution in [3.8, 4) is 0 Å². The number of halogens is 1. The molecule has 6 heteroatoms. The molecule has 3 rings (SSSR count). The van der Waals surface area contributed by atoms with Gasteiger partial charge in [0.25, 0.3) is 0 Å². The molecule has 0 aromatic heterocycles. The molecule has 1 aliphatic carbocycles. The molecular formula is C26H39ClN2O3. The molecule has 0 radical (unpaired) electrons. The zero-order valence-electron chi connectivity index (χ0n) is 19.7. The molecule has 0 unspecified atom stereocenters. The Labute approximate surface area is 198 Å². The van der Waals surface area contributed by atoms with Crippen LogP contribution >= 0.6 is 11.6 Å². The molecule has 0 saturated carbocycles. The van der Waals surface area contributed by atoms with Crippen LogP contribution in [0.2, 0.25) is 5.02 Å². The topological polar surface area (TPSA) is 73.1 Å². The number of piperidine rings is 1. The molecule has 1 aromatic rings. The van der Waals surface area contributed by atoms with Crippen LogP contribution in [0.1, 0.15) is 64.4 Å². The summed E-state index contributed by atoms with van der Waals surface area (Å²) in [6, 6.07) is 8.01. The predicted molar refractivity (Wildman–Crippen MR) is 132 cm³/mol. The molecule has 1 saturated heterocycles. The van der Waals surface area contributed by atoms with Gasteiger partial charge in [-0.3, -0.25) is 4.79 Å². The molecule has 1 amide bonds. The Bertz CT molecular complexity index is 781. The highest BCUT2D eigenvalue weighted by atomic mass is 35.5. The number of benzene rings is 1. The van der Waals surface area contributed by atoms with Crippen LogP contribution < -0.4 is 5.32 Å². The number of allylic oxidation sites excluding steroid dienone is 3. The molecule has 1 atom stereocenters. The van der Waals surface area contributed by atoms with E-state index in [2.05, 4.69) is 48.3 Å². The van der Waals surface area contributed by atoms with E-state index in [1.165, 1.54) is 11.1 Å². The Balaban J connectivity index is 0.00000363. The van der Waals surface area contributed by atoms with Crippen LogP contribution in [0.25, 0.3) is 0 Å². The third-order valence-corrected chi connectivity index (χ3v) is 6.63. The Morgan fingerprint density at radius 1 is 1.22 bits per heavy atom. The molecule has 178 valence electrons. The second-order valence-corrected chi connectivity index (χ2v) is 9.34. The lowest BCUT2D eigenvalue weighted by atomic mass is 9.89. The van der Waals surface area contributed by atoms with Crippen molar-refractivity contribution in [1.29, 1.82) is 0 Å². The smallest absolute Gasteiger partial charge is 0.239 e. The van der Waals surface area contributed by atoms with Gasteiger partial charge in [0.2, 0.25) is 5.91 Å². The van der Waals surface area contributed by atoms with E-state index in [9.17, 15) is 4.79 Å². The maximum absolute atomic E-state index is 13.3. The number of hydrogen-bond acceptors (Lipinski definition) is 3. The largest absolute Gasteiger partial charge is 0.498 e. The zero-order valence-corrected chi connectivity index (χ0v) is 20.5. The van der Waals surface area contributed by atoms with Crippen molar-refractivity contribution in [1.82, 2.24) is 10.2 Å². The fraction of sp³-hybridized carbons (Fsp3) is 0.577. The molecule has 32 heavy (non-hydrogen) atoms. The number of likely N-dealkylation sites (tertiary alicyclic amines) is 1. The van der Waals surface area contributed by atoms with Crippen molar-refractivity contribution in [2.75, 3.05) is 26.2 Å². The minimum absolute atomic E-state index is 0. The second-order valence-electron chi connectivity index (χ2n) is 8.90. The number of carbonyl (C=O) groups is 1. The maximum Gasteiger partial charge on any atom is 0.239 e. The van der Waals surface area contributed by atoms with Crippen LogP contribution in [0.5, 0.6) is 0 Å². The Hall–Kier alpha value is -1.82. The van der Waals surface area contributed by atoms with E-state index in [1.807, 2.05) is 19.1 Å². The number of nitrogens with one attached hydrogen (secondary N) is 1. The normalized spacial score (nSPS) is 18.0. The molecule has 0 spiro atoms. The van der Waals surface area contributed by atoms with Gasteiger partial charge in [-0.15, -0.1) is 0 Å². The number of carbonyl (C=O) groups excluding carboxylic acids is 1. The van der Waals surface area contributed by atoms with Gasteiger partial charge in [0.1, 0.15) is 0 Å². The Morgan fingerprint density at radius 3 is 2.53 bits per heavy atom. The standard InChI is InChI=1S/C26H37ClN2O2.H2O/c1-4-31-24-8-6-5-7-22(24)13-16-28-25(19(2)3)26(30)29-17-14-21(15-18-29)20-9-11-23(27)12-10-20;/h5,7,9-12,19,21,25,28H,4,6,8,13-18H2,1-3H3;1H2/t25-;/m1./s1. The summed E-state index contributed by atoms with van der Waals surface area (Å²) in [4.78, 5) is 15.3. The van der Waals surface area contributed by atoms with Crippen LogP contribution in [-0.4, -0.2) is 48.6 Å². The molecule has 1 fully saturated rings. The quantitative estimate of drug-likeness (QED) is 0.569. The fourth-order valence-electron chi connectivity index (χ4n) is 4.59. The van der Waals surface area contributed by atoms with Gasteiger partial charge in [0.05, 0.1) is 18.4 Å². The molecule has 1 aromatic carbocycles. The monoisotopic (exact) mass is 462 g/mol. The van der Waals surface area contributed by atoms with Crippen molar-refractivity contribution >= 4 is 17.5 Å². The van der Waals surface area contributed by atoms with E-state index in [4.69, 9.17) is 16.3 Å². The van der Waals surface area contributed by atoms with Crippen LogP contribution in [0, 0.1) is 5.92 Å². The average Bonchev–Trinajstić information content (AvgIpc) is 2.78. The fourth-order valence-corrected chi connectivity index (χ4v) is 4.72. The van der Waals surface area contributed by atoms with Crippen LogP contribution in [0.4, 0.5) is 0 Å². The van der Waals surface area contributed by atoms with Crippen molar-refractivity contribution < 1.29 is 15.0 Å². The minimum Gasteiger partial charge on any atom is -0.498 e. The summed E-state index contributed by atoms with van der Waals surface area (Å²) in [6.45, 7) is 9.41. The van der Waals surface area contributed by atoms with Gasteiger partial charge >= 0.3 is 0 Å². The van der Waals surface area contributed by atoms with E-state index >= 15 is 0 Å². The lowest BCUT2D eigenvalue weighted by molar-refractivity contribution is -0.135. The lowest BCUT2D eigenvalue weighted by Crippen LogP contribution is -2.51. The number of hydrogen-bond donors (Lipinski definition) is 1. The van der Waals surface area contributed by atoms with Gasteiger partial charge in [0.15, 0.2) is 0 Å². The van der Waals surface area contributed by atoms with E-state index in [-0.39, 0.29) is 23.3 Å². The molecule has 2 aliphatic rings. The number of ether oxygens (including phenoxy) is 1. The van der Waals surface area contributed by atoms with Gasteiger partial charge in [-0.05, 0) is 67.7 Å². The summed E-state index contributed by atoms with van der Waals surface area (Å²) in [6.07, 6.45) is 9.33. The van der Waals surface area contributed by atoms with Crippen molar-refractivity contribution in [2.24, 2.45) is 5.92 Å².